The Morgan fingerprint density at radius 1 is 0.917 bits per heavy atom. The van der Waals surface area contributed by atoms with Gasteiger partial charge in [-0.15, -0.1) is 0 Å². The number of phenols is 1. The molecule has 2 aromatic heterocycles. The summed E-state index contributed by atoms with van der Waals surface area (Å²) in [6.45, 7) is 6.68. The number of fused-ring (bicyclic) bond motifs is 2. The van der Waals surface area contributed by atoms with E-state index in [9.17, 15) is 5.11 Å². The number of hydrogen-bond acceptors (Lipinski definition) is 8. The molecule has 4 aromatic rings. The highest BCUT2D eigenvalue weighted by molar-refractivity contribution is 5.99. The second-order valence-corrected chi connectivity index (χ2v) is 9.48. The number of nitrogens with zero attached hydrogens (tertiary/aromatic N) is 5. The Morgan fingerprint density at radius 2 is 1.75 bits per heavy atom. The topological polar surface area (TPSA) is 83.8 Å². The number of aromatic nitrogens is 3. The highest BCUT2D eigenvalue weighted by Gasteiger charge is 2.20. The minimum Gasteiger partial charge on any atom is -0.508 e. The molecule has 0 aliphatic carbocycles. The Balaban J connectivity index is 1.37. The molecule has 0 radical (unpaired) electrons. The van der Waals surface area contributed by atoms with E-state index in [0.717, 1.165) is 97.5 Å². The maximum absolute atomic E-state index is 10.4. The number of piperidine rings is 1. The van der Waals surface area contributed by atoms with Crippen molar-refractivity contribution in [3.63, 3.8) is 0 Å². The molecule has 4 heterocycles. The first-order chi connectivity index (χ1) is 17.7. The molecule has 2 fully saturated rings. The van der Waals surface area contributed by atoms with Crippen LogP contribution in [0.5, 0.6) is 11.8 Å². The molecule has 0 saturated carbocycles. The maximum atomic E-state index is 10.4. The van der Waals surface area contributed by atoms with Crippen LogP contribution >= 0.6 is 0 Å². The molecule has 8 heteroatoms. The fourth-order valence-corrected chi connectivity index (χ4v) is 5.14. The lowest BCUT2D eigenvalue weighted by atomic mass is 10.0. The van der Waals surface area contributed by atoms with E-state index in [0.29, 0.717) is 12.6 Å². The summed E-state index contributed by atoms with van der Waals surface area (Å²) in [5.41, 5.74) is 2.43. The third-order valence-corrected chi connectivity index (χ3v) is 7.06. The molecule has 36 heavy (non-hydrogen) atoms. The minimum atomic E-state index is 0.217. The number of phenolic OH excluding ortho intramolecular Hbond substituents is 1. The number of benzene rings is 2. The van der Waals surface area contributed by atoms with Gasteiger partial charge in [-0.1, -0.05) is 24.3 Å². The molecule has 8 nitrogen and oxygen atoms in total. The summed E-state index contributed by atoms with van der Waals surface area (Å²) in [6, 6.07) is 13.9. The van der Waals surface area contributed by atoms with Gasteiger partial charge in [0.15, 0.2) is 0 Å². The van der Waals surface area contributed by atoms with Crippen LogP contribution in [0.3, 0.4) is 0 Å². The van der Waals surface area contributed by atoms with Gasteiger partial charge < -0.3 is 19.5 Å². The van der Waals surface area contributed by atoms with Crippen molar-refractivity contribution in [1.82, 2.24) is 19.9 Å². The van der Waals surface area contributed by atoms with Crippen molar-refractivity contribution < 1.29 is 14.6 Å². The van der Waals surface area contributed by atoms with Gasteiger partial charge in [0.25, 0.3) is 0 Å². The quantitative estimate of drug-likeness (QED) is 0.434. The predicted octanol–water partition coefficient (Wildman–Crippen LogP) is 4.25. The second kappa shape index (κ2) is 10.2. The van der Waals surface area contributed by atoms with Crippen molar-refractivity contribution >= 4 is 27.5 Å². The molecule has 2 aliphatic heterocycles. The van der Waals surface area contributed by atoms with E-state index in [4.69, 9.17) is 24.4 Å². The Morgan fingerprint density at radius 3 is 2.61 bits per heavy atom. The summed E-state index contributed by atoms with van der Waals surface area (Å²) >= 11 is 0. The van der Waals surface area contributed by atoms with Gasteiger partial charge in [0.2, 0.25) is 0 Å². The molecule has 0 spiro atoms. The number of ether oxygens (including phenoxy) is 2. The monoisotopic (exact) mass is 485 g/mol. The van der Waals surface area contributed by atoms with E-state index >= 15 is 0 Å². The van der Waals surface area contributed by atoms with Crippen LogP contribution in [0.1, 0.15) is 19.3 Å². The van der Waals surface area contributed by atoms with Crippen molar-refractivity contribution in [2.45, 2.75) is 19.3 Å². The first-order valence-corrected chi connectivity index (χ1v) is 12.8. The summed E-state index contributed by atoms with van der Waals surface area (Å²) < 4.78 is 11.5. The lowest BCUT2D eigenvalue weighted by Gasteiger charge is -2.29. The highest BCUT2D eigenvalue weighted by atomic mass is 16.5. The highest BCUT2D eigenvalue weighted by Crippen LogP contribution is 2.35. The molecule has 1 N–H and O–H groups in total. The maximum Gasteiger partial charge on any atom is 0.318 e. The molecule has 186 valence electrons. The number of rotatable bonds is 6. The zero-order valence-electron chi connectivity index (χ0n) is 20.4. The Bertz CT molecular complexity index is 1370. The smallest absolute Gasteiger partial charge is 0.318 e. The molecular formula is C28H31N5O3. The third kappa shape index (κ3) is 4.79. The van der Waals surface area contributed by atoms with E-state index in [1.165, 1.54) is 6.42 Å². The lowest BCUT2D eigenvalue weighted by Crippen LogP contribution is -2.38. The van der Waals surface area contributed by atoms with E-state index in [1.54, 1.807) is 12.1 Å². The van der Waals surface area contributed by atoms with Crippen molar-refractivity contribution in [1.29, 1.82) is 0 Å². The van der Waals surface area contributed by atoms with Gasteiger partial charge in [0.1, 0.15) is 18.2 Å². The zero-order chi connectivity index (χ0) is 24.3. The molecule has 0 unspecified atom stereocenters. The van der Waals surface area contributed by atoms with Gasteiger partial charge in [-0.05, 0) is 48.2 Å². The van der Waals surface area contributed by atoms with Crippen molar-refractivity contribution in [3.8, 4) is 23.0 Å². The SMILES string of the molecule is Oc1cc(-c2cc3nc(OCCN4CCOCC4)nc(N4CCCCC4)c3cn2)c2ccccc2c1. The van der Waals surface area contributed by atoms with Gasteiger partial charge >= 0.3 is 6.01 Å². The third-order valence-electron chi connectivity index (χ3n) is 7.06. The van der Waals surface area contributed by atoms with Gasteiger partial charge in [0, 0.05) is 44.5 Å². The fraction of sp³-hybridized carbons (Fsp3) is 0.393. The number of aromatic hydroxyl groups is 1. The standard InChI is InChI=1S/C28H31N5O3/c34-21-16-20-6-2-3-7-22(20)23(17-21)25-18-26-24(19-29-25)27(33-8-4-1-5-9-33)31-28(30-26)36-15-12-32-10-13-35-14-11-32/h2-3,6-7,16-19,34H,1,4-5,8-15H2. The van der Waals surface area contributed by atoms with Crippen LogP contribution in [-0.2, 0) is 4.74 Å². The summed E-state index contributed by atoms with van der Waals surface area (Å²) in [5, 5.41) is 13.3. The summed E-state index contributed by atoms with van der Waals surface area (Å²) in [4.78, 5) is 19.1. The van der Waals surface area contributed by atoms with Crippen LogP contribution in [0, 0.1) is 0 Å². The molecule has 2 aromatic carbocycles. The minimum absolute atomic E-state index is 0.217. The number of hydrogen-bond donors (Lipinski definition) is 1. The molecule has 2 saturated heterocycles. The van der Waals surface area contributed by atoms with E-state index in [1.807, 2.05) is 30.5 Å². The molecule has 0 atom stereocenters. The van der Waals surface area contributed by atoms with Gasteiger partial charge in [0.05, 0.1) is 29.8 Å². The van der Waals surface area contributed by atoms with Crippen molar-refractivity contribution in [2.24, 2.45) is 0 Å². The van der Waals surface area contributed by atoms with Crippen LogP contribution < -0.4 is 9.64 Å². The second-order valence-electron chi connectivity index (χ2n) is 9.48. The van der Waals surface area contributed by atoms with Crippen LogP contribution in [0.4, 0.5) is 5.82 Å². The lowest BCUT2D eigenvalue weighted by molar-refractivity contribution is 0.0317. The van der Waals surface area contributed by atoms with Gasteiger partial charge in [-0.2, -0.15) is 9.97 Å². The fourth-order valence-electron chi connectivity index (χ4n) is 5.14. The van der Waals surface area contributed by atoms with E-state index in [-0.39, 0.29) is 5.75 Å². The zero-order valence-corrected chi connectivity index (χ0v) is 20.4. The van der Waals surface area contributed by atoms with Crippen molar-refractivity contribution in [2.75, 3.05) is 57.4 Å². The number of anilines is 1. The normalized spacial score (nSPS) is 17.1. The van der Waals surface area contributed by atoms with E-state index in [2.05, 4.69) is 15.9 Å². The average Bonchev–Trinajstić information content (AvgIpc) is 2.93. The van der Waals surface area contributed by atoms with Crippen LogP contribution in [0.25, 0.3) is 32.9 Å². The Kier molecular flexibility index (Phi) is 6.53. The summed E-state index contributed by atoms with van der Waals surface area (Å²) in [5.74, 6) is 1.11. The molecule has 0 bridgehead atoms. The van der Waals surface area contributed by atoms with Crippen molar-refractivity contribution in [3.05, 3.63) is 48.7 Å². The molecule has 0 amide bonds. The number of morpholine rings is 1. The Labute approximate surface area is 210 Å². The summed E-state index contributed by atoms with van der Waals surface area (Å²) in [6.07, 6.45) is 5.42. The van der Waals surface area contributed by atoms with Crippen LogP contribution in [0.15, 0.2) is 48.7 Å². The first kappa shape index (κ1) is 22.9. The summed E-state index contributed by atoms with van der Waals surface area (Å²) in [7, 11) is 0. The van der Waals surface area contributed by atoms with E-state index < -0.39 is 0 Å². The first-order valence-electron chi connectivity index (χ1n) is 12.8. The largest absolute Gasteiger partial charge is 0.508 e. The van der Waals surface area contributed by atoms with Crippen LogP contribution in [0.2, 0.25) is 0 Å². The molecule has 2 aliphatic rings. The molecular weight excluding hydrogens is 454 g/mol. The predicted molar refractivity (Wildman–Crippen MR) is 141 cm³/mol. The van der Waals surface area contributed by atoms with Gasteiger partial charge in [-0.3, -0.25) is 9.88 Å². The molecule has 6 rings (SSSR count). The number of pyridine rings is 1. The van der Waals surface area contributed by atoms with Gasteiger partial charge in [-0.25, -0.2) is 0 Å². The average molecular weight is 486 g/mol. The Hall–Kier alpha value is -3.49. The van der Waals surface area contributed by atoms with Crippen LogP contribution in [-0.4, -0.2) is 77.5 Å².